The van der Waals surface area contributed by atoms with Crippen LogP contribution in [-0.4, -0.2) is 15.7 Å². The summed E-state index contributed by atoms with van der Waals surface area (Å²) in [6.07, 6.45) is -7.26. The molecule has 4 nitrogen and oxygen atoms in total. The van der Waals surface area contributed by atoms with Gasteiger partial charge in [-0.1, -0.05) is 15.9 Å². The average molecular weight is 550 g/mol. The highest BCUT2D eigenvalue weighted by atomic mass is 79.9. The first-order valence-electron chi connectivity index (χ1n) is 9.71. The van der Waals surface area contributed by atoms with E-state index < -0.39 is 64.0 Å². The number of benzene rings is 2. The number of rotatable bonds is 5. The van der Waals surface area contributed by atoms with Gasteiger partial charge in [0.05, 0.1) is 22.4 Å². The summed E-state index contributed by atoms with van der Waals surface area (Å²) in [5.74, 6) is -4.40. The molecule has 1 aromatic heterocycles. The molecule has 1 atom stereocenters. The molecular formula is C23H18BrF6NO3. The molecule has 2 aromatic carbocycles. The first-order chi connectivity index (χ1) is 15.6. The van der Waals surface area contributed by atoms with E-state index in [-0.39, 0.29) is 5.56 Å². The summed E-state index contributed by atoms with van der Waals surface area (Å²) in [4.78, 5) is 3.94. The van der Waals surface area contributed by atoms with Crippen LogP contribution < -0.4 is 4.74 Å². The van der Waals surface area contributed by atoms with Gasteiger partial charge in [0.2, 0.25) is 5.88 Å². The predicted molar refractivity (Wildman–Crippen MR) is 115 cm³/mol. The van der Waals surface area contributed by atoms with Crippen molar-refractivity contribution in [2.45, 2.75) is 38.8 Å². The third kappa shape index (κ3) is 6.28. The lowest BCUT2D eigenvalue weighted by molar-refractivity contribution is -0.179. The number of aliphatic hydroxyl groups is 1. The van der Waals surface area contributed by atoms with E-state index in [1.54, 1.807) is 0 Å². The van der Waals surface area contributed by atoms with E-state index in [4.69, 9.17) is 9.47 Å². The molecule has 3 rings (SSSR count). The van der Waals surface area contributed by atoms with Gasteiger partial charge in [0.25, 0.3) is 0 Å². The Bertz CT molecular complexity index is 1190. The van der Waals surface area contributed by atoms with Crippen LogP contribution >= 0.6 is 15.9 Å². The van der Waals surface area contributed by atoms with Gasteiger partial charge in [-0.05, 0) is 57.2 Å². The van der Waals surface area contributed by atoms with Crippen molar-refractivity contribution in [2.75, 3.05) is 0 Å². The minimum atomic E-state index is -5.07. The maximum absolute atomic E-state index is 14.4. The molecule has 0 bridgehead atoms. The number of hydrogen-bond acceptors (Lipinski definition) is 4. The Balaban J connectivity index is 2.30. The van der Waals surface area contributed by atoms with Gasteiger partial charge in [0.1, 0.15) is 11.6 Å². The maximum atomic E-state index is 14.4. The molecule has 0 aliphatic carbocycles. The van der Waals surface area contributed by atoms with E-state index >= 15 is 0 Å². The van der Waals surface area contributed by atoms with Gasteiger partial charge in [-0.3, -0.25) is 0 Å². The monoisotopic (exact) mass is 549 g/mol. The minimum absolute atomic E-state index is 0.332. The Morgan fingerprint density at radius 1 is 0.941 bits per heavy atom. The van der Waals surface area contributed by atoms with Crippen LogP contribution in [0.4, 0.5) is 26.3 Å². The first kappa shape index (κ1) is 26.0. The third-order valence-electron chi connectivity index (χ3n) is 4.30. The zero-order valence-corrected chi connectivity index (χ0v) is 19.6. The highest BCUT2D eigenvalue weighted by Gasteiger charge is 2.40. The van der Waals surface area contributed by atoms with Crippen molar-refractivity contribution in [3.63, 3.8) is 0 Å². The topological polar surface area (TPSA) is 51.6 Å². The fourth-order valence-corrected chi connectivity index (χ4v) is 3.32. The summed E-state index contributed by atoms with van der Waals surface area (Å²) in [5.41, 5.74) is -4.31. The highest BCUT2D eigenvalue weighted by molar-refractivity contribution is 9.10. The molecule has 0 fully saturated rings. The number of hydrogen-bond donors (Lipinski definition) is 1. The van der Waals surface area contributed by atoms with Crippen LogP contribution in [0.2, 0.25) is 0 Å². The van der Waals surface area contributed by atoms with Gasteiger partial charge in [-0.15, -0.1) is 0 Å². The standard InChI is InChI=1S/C23H18BrF6NO3/c1-22(2,3)34-21(32)19-15(23(28,29)30)10-17(11-6-13(25)9-14(26)7-11)31-20(19)33-18-5-4-12(24)8-16(18)27/h4-10,21,32H,1-3H3. The number of ether oxygens (including phenoxy) is 2. The quantitative estimate of drug-likeness (QED) is 0.264. The molecule has 0 aliphatic rings. The second-order valence-electron chi connectivity index (χ2n) is 8.19. The average Bonchev–Trinajstić information content (AvgIpc) is 2.66. The summed E-state index contributed by atoms with van der Waals surface area (Å²) in [7, 11) is 0. The smallest absolute Gasteiger partial charge is 0.417 e. The SMILES string of the molecule is CC(C)(C)OC(O)c1c(C(F)(F)F)cc(-c2cc(F)cc(F)c2)nc1Oc1ccc(Br)cc1F. The third-order valence-corrected chi connectivity index (χ3v) is 4.79. The number of alkyl halides is 3. The van der Waals surface area contributed by atoms with Crippen molar-refractivity contribution < 1.29 is 40.9 Å². The van der Waals surface area contributed by atoms with Crippen molar-refractivity contribution in [1.82, 2.24) is 4.98 Å². The van der Waals surface area contributed by atoms with E-state index in [0.29, 0.717) is 16.6 Å². The molecule has 0 aliphatic heterocycles. The van der Waals surface area contributed by atoms with Crippen molar-refractivity contribution >= 4 is 15.9 Å². The molecule has 3 aromatic rings. The van der Waals surface area contributed by atoms with Crippen molar-refractivity contribution in [3.05, 3.63) is 75.5 Å². The van der Waals surface area contributed by atoms with Gasteiger partial charge in [-0.2, -0.15) is 13.2 Å². The number of nitrogens with zero attached hydrogens (tertiary/aromatic N) is 1. The van der Waals surface area contributed by atoms with Gasteiger partial charge < -0.3 is 14.6 Å². The second-order valence-corrected chi connectivity index (χ2v) is 9.10. The van der Waals surface area contributed by atoms with Gasteiger partial charge in [-0.25, -0.2) is 18.2 Å². The predicted octanol–water partition coefficient (Wildman–Crippen LogP) is 7.55. The lowest BCUT2D eigenvalue weighted by Crippen LogP contribution is -2.25. The lowest BCUT2D eigenvalue weighted by atomic mass is 10.0. The molecule has 182 valence electrons. The summed E-state index contributed by atoms with van der Waals surface area (Å²) < 4.78 is 95.1. The summed E-state index contributed by atoms with van der Waals surface area (Å²) in [5, 5.41) is 10.6. The van der Waals surface area contributed by atoms with Crippen molar-refractivity contribution in [1.29, 1.82) is 0 Å². The highest BCUT2D eigenvalue weighted by Crippen LogP contribution is 2.43. The fourth-order valence-electron chi connectivity index (χ4n) is 2.99. The second kappa shape index (κ2) is 9.55. The van der Waals surface area contributed by atoms with E-state index in [9.17, 15) is 31.4 Å². The summed E-state index contributed by atoms with van der Waals surface area (Å²) >= 11 is 3.05. The summed E-state index contributed by atoms with van der Waals surface area (Å²) in [6, 6.07) is 6.10. The molecule has 1 N–H and O–H groups in total. The van der Waals surface area contributed by atoms with Crippen LogP contribution in [0.25, 0.3) is 11.3 Å². The van der Waals surface area contributed by atoms with Gasteiger partial charge in [0.15, 0.2) is 17.9 Å². The van der Waals surface area contributed by atoms with Crippen LogP contribution in [0.15, 0.2) is 46.9 Å². The maximum Gasteiger partial charge on any atom is 0.417 e. The number of halogens is 7. The molecule has 0 amide bonds. The van der Waals surface area contributed by atoms with Crippen LogP contribution in [0.3, 0.4) is 0 Å². The Hall–Kier alpha value is -2.63. The minimum Gasteiger partial charge on any atom is -0.435 e. The number of aliphatic hydroxyl groups excluding tert-OH is 1. The number of pyridine rings is 1. The van der Waals surface area contributed by atoms with Crippen LogP contribution in [-0.2, 0) is 10.9 Å². The van der Waals surface area contributed by atoms with E-state index in [1.165, 1.54) is 26.8 Å². The van der Waals surface area contributed by atoms with E-state index in [2.05, 4.69) is 20.9 Å². The zero-order chi connectivity index (χ0) is 25.4. The zero-order valence-electron chi connectivity index (χ0n) is 18.0. The largest absolute Gasteiger partial charge is 0.435 e. The summed E-state index contributed by atoms with van der Waals surface area (Å²) in [6.45, 7) is 4.49. The molecule has 1 heterocycles. The van der Waals surface area contributed by atoms with Crippen molar-refractivity contribution in [3.8, 4) is 22.9 Å². The Labute approximate surface area is 199 Å². The molecule has 1 unspecified atom stereocenters. The molecule has 0 spiro atoms. The molecule has 0 saturated heterocycles. The Morgan fingerprint density at radius 3 is 2.09 bits per heavy atom. The fraction of sp³-hybridized carbons (Fsp3) is 0.261. The lowest BCUT2D eigenvalue weighted by Gasteiger charge is -2.27. The Kier molecular flexibility index (Phi) is 7.30. The van der Waals surface area contributed by atoms with E-state index in [0.717, 1.165) is 24.3 Å². The normalized spacial score (nSPS) is 13.1. The number of aromatic nitrogens is 1. The Morgan fingerprint density at radius 2 is 1.56 bits per heavy atom. The van der Waals surface area contributed by atoms with Gasteiger partial charge >= 0.3 is 6.18 Å². The molecular weight excluding hydrogens is 532 g/mol. The molecule has 11 heteroatoms. The molecule has 0 radical (unpaired) electrons. The van der Waals surface area contributed by atoms with Crippen LogP contribution in [0, 0.1) is 17.5 Å². The van der Waals surface area contributed by atoms with E-state index in [1.807, 2.05) is 0 Å². The molecule has 34 heavy (non-hydrogen) atoms. The van der Waals surface area contributed by atoms with Crippen molar-refractivity contribution in [2.24, 2.45) is 0 Å². The van der Waals surface area contributed by atoms with Crippen LogP contribution in [0.1, 0.15) is 38.2 Å². The first-order valence-corrected chi connectivity index (χ1v) is 10.5. The van der Waals surface area contributed by atoms with Gasteiger partial charge in [0, 0.05) is 16.1 Å². The van der Waals surface area contributed by atoms with Crippen LogP contribution in [0.5, 0.6) is 11.6 Å². The molecule has 0 saturated carbocycles.